The van der Waals surface area contributed by atoms with Gasteiger partial charge in [-0.25, -0.2) is 0 Å². The lowest BCUT2D eigenvalue weighted by molar-refractivity contribution is 1.01. The fourth-order valence-corrected chi connectivity index (χ4v) is 2.55. The van der Waals surface area contributed by atoms with E-state index in [2.05, 4.69) is 17.1 Å². The van der Waals surface area contributed by atoms with Gasteiger partial charge in [-0.2, -0.15) is 0 Å². The Kier molecular flexibility index (Phi) is 2.91. The molecule has 0 saturated carbocycles. The average Bonchev–Trinajstić information content (AvgIpc) is 2.54. The van der Waals surface area contributed by atoms with Crippen molar-refractivity contribution in [1.29, 1.82) is 0 Å². The first-order chi connectivity index (χ1) is 6.68. The predicted octanol–water partition coefficient (Wildman–Crippen LogP) is 4.02. The molecule has 0 unspecified atom stereocenters. The van der Waals surface area contributed by atoms with Crippen LogP contribution in [-0.4, -0.2) is 13.1 Å². The van der Waals surface area contributed by atoms with Crippen molar-refractivity contribution < 1.29 is 0 Å². The number of nitrogens with zero attached hydrogens (tertiary/aromatic N) is 1. The van der Waals surface area contributed by atoms with E-state index in [1.165, 1.54) is 0 Å². The third-order valence-corrected chi connectivity index (χ3v) is 2.91. The molecule has 1 aromatic carbocycles. The largest absolute Gasteiger partial charge is 0.362 e. The fraction of sp³-hybridized carbons (Fsp3) is 0.200. The second-order valence-electron chi connectivity index (χ2n) is 3.09. The van der Waals surface area contributed by atoms with Crippen LogP contribution in [0.4, 0.5) is 5.69 Å². The molecule has 1 aliphatic heterocycles. The predicted molar refractivity (Wildman–Crippen MR) is 62.8 cm³/mol. The minimum atomic E-state index is 0.566. The Balaban J connectivity index is 2.41. The van der Waals surface area contributed by atoms with Gasteiger partial charge in [0.15, 0.2) is 0 Å². The van der Waals surface area contributed by atoms with Gasteiger partial charge in [-0.1, -0.05) is 47.0 Å². The molecule has 0 atom stereocenters. The molecule has 1 heterocycles. The molecule has 0 N–H and O–H groups in total. The maximum Gasteiger partial charge on any atom is 0.0751 e. The molecule has 1 aromatic rings. The van der Waals surface area contributed by atoms with Gasteiger partial charge in [0.05, 0.1) is 15.7 Å². The number of rotatable bonds is 1. The molecule has 2 rings (SSSR count). The van der Waals surface area contributed by atoms with Gasteiger partial charge in [-0.3, -0.25) is 0 Å². The van der Waals surface area contributed by atoms with Crippen LogP contribution in [0.25, 0.3) is 0 Å². The highest BCUT2D eigenvalue weighted by atomic mass is 35.5. The lowest BCUT2D eigenvalue weighted by atomic mass is 10.3. The van der Waals surface area contributed by atoms with Crippen LogP contribution in [0.2, 0.25) is 15.1 Å². The van der Waals surface area contributed by atoms with E-state index in [-0.39, 0.29) is 0 Å². The van der Waals surface area contributed by atoms with Crippen molar-refractivity contribution in [1.82, 2.24) is 0 Å². The van der Waals surface area contributed by atoms with E-state index < -0.39 is 0 Å². The summed E-state index contributed by atoms with van der Waals surface area (Å²) >= 11 is 18.0. The molecule has 0 amide bonds. The van der Waals surface area contributed by atoms with Crippen molar-refractivity contribution in [2.45, 2.75) is 0 Å². The van der Waals surface area contributed by atoms with Crippen LogP contribution in [0.15, 0.2) is 24.3 Å². The van der Waals surface area contributed by atoms with Crippen molar-refractivity contribution in [3.8, 4) is 0 Å². The van der Waals surface area contributed by atoms with Gasteiger partial charge in [0, 0.05) is 18.1 Å². The zero-order valence-corrected chi connectivity index (χ0v) is 9.57. The molecule has 0 fully saturated rings. The monoisotopic (exact) mass is 247 g/mol. The van der Waals surface area contributed by atoms with Crippen LogP contribution in [0.3, 0.4) is 0 Å². The molecule has 0 saturated heterocycles. The van der Waals surface area contributed by atoms with Gasteiger partial charge in [-0.05, 0) is 12.1 Å². The van der Waals surface area contributed by atoms with Crippen molar-refractivity contribution >= 4 is 40.5 Å². The standard InChI is InChI=1S/C10H8Cl3N/c11-7-5-8(12)10(9(13)6-7)14-3-1-2-4-14/h1-2,5-6H,3-4H2. The van der Waals surface area contributed by atoms with Gasteiger partial charge in [0.1, 0.15) is 0 Å². The summed E-state index contributed by atoms with van der Waals surface area (Å²) in [6.45, 7) is 1.70. The van der Waals surface area contributed by atoms with Gasteiger partial charge >= 0.3 is 0 Å². The second kappa shape index (κ2) is 4.01. The van der Waals surface area contributed by atoms with Crippen molar-refractivity contribution in [3.05, 3.63) is 39.4 Å². The third kappa shape index (κ3) is 1.85. The van der Waals surface area contributed by atoms with Crippen molar-refractivity contribution in [2.24, 2.45) is 0 Å². The molecule has 0 bridgehead atoms. The van der Waals surface area contributed by atoms with Gasteiger partial charge in [0.25, 0.3) is 0 Å². The van der Waals surface area contributed by atoms with Crippen LogP contribution < -0.4 is 4.90 Å². The first-order valence-electron chi connectivity index (χ1n) is 4.23. The quantitative estimate of drug-likeness (QED) is 0.679. The number of anilines is 1. The zero-order chi connectivity index (χ0) is 10.1. The normalized spacial score (nSPS) is 15.2. The van der Waals surface area contributed by atoms with E-state index in [4.69, 9.17) is 34.8 Å². The van der Waals surface area contributed by atoms with Crippen LogP contribution in [0, 0.1) is 0 Å². The molecule has 1 nitrogen and oxygen atoms in total. The van der Waals surface area contributed by atoms with Crippen molar-refractivity contribution in [3.63, 3.8) is 0 Å². The van der Waals surface area contributed by atoms with Gasteiger partial charge in [-0.15, -0.1) is 0 Å². The molecule has 0 aromatic heterocycles. The third-order valence-electron chi connectivity index (χ3n) is 2.12. The SMILES string of the molecule is Clc1cc(Cl)c(N2CC=CC2)c(Cl)c1. The van der Waals surface area contributed by atoms with Crippen LogP contribution in [-0.2, 0) is 0 Å². The van der Waals surface area contributed by atoms with Crippen LogP contribution in [0.5, 0.6) is 0 Å². The second-order valence-corrected chi connectivity index (χ2v) is 4.35. The summed E-state index contributed by atoms with van der Waals surface area (Å²) < 4.78 is 0. The molecule has 4 heteroatoms. The van der Waals surface area contributed by atoms with Gasteiger partial charge < -0.3 is 4.90 Å². The highest BCUT2D eigenvalue weighted by molar-refractivity contribution is 6.41. The van der Waals surface area contributed by atoms with Crippen LogP contribution in [0.1, 0.15) is 0 Å². The summed E-state index contributed by atoms with van der Waals surface area (Å²) in [4.78, 5) is 2.10. The molecule has 1 aliphatic rings. The molecule has 0 spiro atoms. The minimum Gasteiger partial charge on any atom is -0.362 e. The molecule has 0 aliphatic carbocycles. The fourth-order valence-electron chi connectivity index (χ4n) is 1.50. The van der Waals surface area contributed by atoms with E-state index in [1.807, 2.05) is 0 Å². The summed E-state index contributed by atoms with van der Waals surface area (Å²) in [6, 6.07) is 3.42. The lowest BCUT2D eigenvalue weighted by Crippen LogP contribution is -2.19. The number of halogens is 3. The lowest BCUT2D eigenvalue weighted by Gasteiger charge is -2.20. The van der Waals surface area contributed by atoms with Crippen molar-refractivity contribution in [2.75, 3.05) is 18.0 Å². The maximum atomic E-state index is 6.08. The highest BCUT2D eigenvalue weighted by Crippen LogP contribution is 2.37. The van der Waals surface area contributed by atoms with E-state index >= 15 is 0 Å². The first-order valence-corrected chi connectivity index (χ1v) is 5.36. The Morgan fingerprint density at radius 3 is 1.93 bits per heavy atom. The Labute approximate surface area is 97.9 Å². The Bertz CT molecular complexity index is 356. The van der Waals surface area contributed by atoms with E-state index in [0.717, 1.165) is 18.8 Å². The topological polar surface area (TPSA) is 3.24 Å². The summed E-state index contributed by atoms with van der Waals surface area (Å²) in [6.07, 6.45) is 4.17. The molecule has 74 valence electrons. The minimum absolute atomic E-state index is 0.566. The summed E-state index contributed by atoms with van der Waals surface area (Å²) in [5.41, 5.74) is 0.864. The Morgan fingerprint density at radius 1 is 0.929 bits per heavy atom. The number of hydrogen-bond acceptors (Lipinski definition) is 1. The smallest absolute Gasteiger partial charge is 0.0751 e. The summed E-state index contributed by atoms with van der Waals surface area (Å²) in [7, 11) is 0. The Morgan fingerprint density at radius 2 is 1.43 bits per heavy atom. The average molecular weight is 249 g/mol. The Hall–Kier alpha value is -0.370. The summed E-state index contributed by atoms with van der Waals surface area (Å²) in [5.74, 6) is 0. The summed E-state index contributed by atoms with van der Waals surface area (Å²) in [5, 5.41) is 1.77. The first kappa shape index (κ1) is 10.2. The molecule has 0 radical (unpaired) electrons. The molecular weight excluding hydrogens is 240 g/mol. The number of hydrogen-bond donors (Lipinski definition) is 0. The van der Waals surface area contributed by atoms with E-state index in [0.29, 0.717) is 15.1 Å². The van der Waals surface area contributed by atoms with Crippen LogP contribution >= 0.6 is 34.8 Å². The van der Waals surface area contributed by atoms with Gasteiger partial charge in [0.2, 0.25) is 0 Å². The zero-order valence-electron chi connectivity index (χ0n) is 7.30. The highest BCUT2D eigenvalue weighted by Gasteiger charge is 2.15. The maximum absolute atomic E-state index is 6.08. The van der Waals surface area contributed by atoms with E-state index in [1.54, 1.807) is 12.1 Å². The molecular formula is C10H8Cl3N. The van der Waals surface area contributed by atoms with E-state index in [9.17, 15) is 0 Å². The number of benzene rings is 1. The molecule has 14 heavy (non-hydrogen) atoms.